The number of anilines is 1. The van der Waals surface area contributed by atoms with E-state index in [1.54, 1.807) is 32.0 Å². The summed E-state index contributed by atoms with van der Waals surface area (Å²) in [7, 11) is 0. The average molecular weight is 249 g/mol. The van der Waals surface area contributed by atoms with Crippen molar-refractivity contribution in [2.24, 2.45) is 5.41 Å². The first-order valence-electron chi connectivity index (χ1n) is 5.67. The highest BCUT2D eigenvalue weighted by Crippen LogP contribution is 2.33. The smallest absolute Gasteiger partial charge is 0.310 e. The quantitative estimate of drug-likeness (QED) is 0.882. The normalized spacial score (nSPS) is 15.0. The van der Waals surface area contributed by atoms with Crippen molar-refractivity contribution in [2.75, 3.05) is 18.1 Å². The molecular formula is C13H15NO4. The summed E-state index contributed by atoms with van der Waals surface area (Å²) in [6.07, 6.45) is 0. The molecule has 0 spiro atoms. The molecule has 0 saturated heterocycles. The molecule has 0 fully saturated rings. The lowest BCUT2D eigenvalue weighted by atomic mass is 9.92. The van der Waals surface area contributed by atoms with E-state index in [-0.39, 0.29) is 19.1 Å². The van der Waals surface area contributed by atoms with E-state index < -0.39 is 11.4 Å². The van der Waals surface area contributed by atoms with Crippen LogP contribution in [0.4, 0.5) is 5.69 Å². The molecule has 1 amide bonds. The van der Waals surface area contributed by atoms with Gasteiger partial charge in [-0.25, -0.2) is 0 Å². The maximum absolute atomic E-state index is 11.9. The zero-order chi connectivity index (χ0) is 13.3. The van der Waals surface area contributed by atoms with Crippen molar-refractivity contribution in [3.05, 3.63) is 24.3 Å². The number of carboxylic acid groups (broad SMARTS) is 1. The van der Waals surface area contributed by atoms with E-state index in [0.29, 0.717) is 11.4 Å². The van der Waals surface area contributed by atoms with Crippen LogP contribution in [0.2, 0.25) is 0 Å². The van der Waals surface area contributed by atoms with Gasteiger partial charge in [0.2, 0.25) is 0 Å². The lowest BCUT2D eigenvalue weighted by Crippen LogP contribution is -2.46. The number of nitrogens with zero attached hydrogens (tertiary/aromatic N) is 1. The van der Waals surface area contributed by atoms with E-state index in [4.69, 9.17) is 9.84 Å². The largest absolute Gasteiger partial charge is 0.482 e. The highest BCUT2D eigenvalue weighted by molar-refractivity contribution is 5.98. The van der Waals surface area contributed by atoms with E-state index >= 15 is 0 Å². The number of ether oxygens (including phenoxy) is 1. The van der Waals surface area contributed by atoms with Crippen LogP contribution in [-0.4, -0.2) is 30.1 Å². The fraction of sp³-hybridized carbons (Fsp3) is 0.385. The molecular weight excluding hydrogens is 234 g/mol. The summed E-state index contributed by atoms with van der Waals surface area (Å²) in [5.41, 5.74) is -0.372. The second-order valence-corrected chi connectivity index (χ2v) is 4.93. The molecule has 0 aromatic heterocycles. The second kappa shape index (κ2) is 4.33. The van der Waals surface area contributed by atoms with Crippen LogP contribution in [0.5, 0.6) is 5.75 Å². The Balaban J connectivity index is 2.33. The first kappa shape index (κ1) is 12.4. The van der Waals surface area contributed by atoms with Crippen molar-refractivity contribution in [2.45, 2.75) is 13.8 Å². The van der Waals surface area contributed by atoms with Crippen molar-refractivity contribution in [1.82, 2.24) is 0 Å². The fourth-order valence-corrected chi connectivity index (χ4v) is 1.79. The Kier molecular flexibility index (Phi) is 2.98. The van der Waals surface area contributed by atoms with Crippen molar-refractivity contribution < 1.29 is 19.4 Å². The fourth-order valence-electron chi connectivity index (χ4n) is 1.79. The summed E-state index contributed by atoms with van der Waals surface area (Å²) >= 11 is 0. The summed E-state index contributed by atoms with van der Waals surface area (Å²) in [5, 5.41) is 9.14. The highest BCUT2D eigenvalue weighted by atomic mass is 16.5. The maximum Gasteiger partial charge on any atom is 0.310 e. The minimum absolute atomic E-state index is 0.0489. The van der Waals surface area contributed by atoms with Gasteiger partial charge in [-0.3, -0.25) is 9.59 Å². The van der Waals surface area contributed by atoms with Gasteiger partial charge in [0, 0.05) is 6.54 Å². The number of carbonyl (C=O) groups is 2. The third-order valence-electron chi connectivity index (χ3n) is 2.94. The molecule has 1 aromatic rings. The Morgan fingerprint density at radius 1 is 1.44 bits per heavy atom. The lowest BCUT2D eigenvalue weighted by Gasteiger charge is -2.33. The van der Waals surface area contributed by atoms with Gasteiger partial charge in [0.15, 0.2) is 6.61 Å². The van der Waals surface area contributed by atoms with Crippen LogP contribution in [0.3, 0.4) is 0 Å². The molecule has 0 atom stereocenters. The molecule has 0 unspecified atom stereocenters. The zero-order valence-electron chi connectivity index (χ0n) is 10.3. The number of amides is 1. The molecule has 1 aliphatic heterocycles. The third kappa shape index (κ3) is 2.16. The molecule has 1 heterocycles. The standard InChI is InChI=1S/C13H15NO4/c1-13(2,12(16)17)8-14-9-5-3-4-6-10(9)18-7-11(14)15/h3-6H,7-8H2,1-2H3,(H,16,17). The van der Waals surface area contributed by atoms with Gasteiger partial charge < -0.3 is 14.7 Å². The van der Waals surface area contributed by atoms with Crippen LogP contribution < -0.4 is 9.64 Å². The minimum atomic E-state index is -1.000. The molecule has 1 aromatic carbocycles. The van der Waals surface area contributed by atoms with Crippen LogP contribution in [0.1, 0.15) is 13.8 Å². The maximum atomic E-state index is 11.9. The zero-order valence-corrected chi connectivity index (χ0v) is 10.3. The molecule has 2 rings (SSSR count). The number of benzene rings is 1. The molecule has 0 bridgehead atoms. The highest BCUT2D eigenvalue weighted by Gasteiger charge is 2.35. The van der Waals surface area contributed by atoms with Crippen molar-refractivity contribution in [1.29, 1.82) is 0 Å². The molecule has 0 radical (unpaired) electrons. The molecule has 1 N–H and O–H groups in total. The van der Waals surface area contributed by atoms with E-state index in [9.17, 15) is 9.59 Å². The second-order valence-electron chi connectivity index (χ2n) is 4.93. The number of rotatable bonds is 3. The summed E-state index contributed by atoms with van der Waals surface area (Å²) in [4.78, 5) is 24.5. The van der Waals surface area contributed by atoms with Gasteiger partial charge in [-0.05, 0) is 26.0 Å². The number of para-hydroxylation sites is 2. The van der Waals surface area contributed by atoms with E-state index in [2.05, 4.69) is 0 Å². The SMILES string of the molecule is CC(C)(CN1C(=O)COc2ccccc21)C(=O)O. The topological polar surface area (TPSA) is 66.8 Å². The Hall–Kier alpha value is -2.04. The Morgan fingerprint density at radius 3 is 2.78 bits per heavy atom. The summed E-state index contributed by atoms with van der Waals surface area (Å²) in [6, 6.07) is 7.13. The molecule has 0 saturated carbocycles. The summed E-state index contributed by atoms with van der Waals surface area (Å²) in [6.45, 7) is 3.27. The molecule has 96 valence electrons. The predicted molar refractivity (Wildman–Crippen MR) is 65.7 cm³/mol. The van der Waals surface area contributed by atoms with Crippen LogP contribution in [0, 0.1) is 5.41 Å². The third-order valence-corrected chi connectivity index (χ3v) is 2.94. The van der Waals surface area contributed by atoms with Gasteiger partial charge in [-0.2, -0.15) is 0 Å². The van der Waals surface area contributed by atoms with Gasteiger partial charge in [-0.1, -0.05) is 12.1 Å². The molecule has 18 heavy (non-hydrogen) atoms. The Labute approximate surface area is 105 Å². The van der Waals surface area contributed by atoms with Gasteiger partial charge >= 0.3 is 5.97 Å². The molecule has 1 aliphatic rings. The lowest BCUT2D eigenvalue weighted by molar-refractivity contribution is -0.146. The first-order valence-corrected chi connectivity index (χ1v) is 5.67. The molecule has 5 heteroatoms. The van der Waals surface area contributed by atoms with E-state index in [1.165, 1.54) is 4.90 Å². The summed E-state index contributed by atoms with van der Waals surface area (Å²) < 4.78 is 5.30. The van der Waals surface area contributed by atoms with Gasteiger partial charge in [0.05, 0.1) is 11.1 Å². The van der Waals surface area contributed by atoms with Crippen LogP contribution in [0.15, 0.2) is 24.3 Å². The van der Waals surface area contributed by atoms with E-state index in [1.807, 2.05) is 6.07 Å². The number of carbonyl (C=O) groups excluding carboxylic acids is 1. The molecule has 0 aliphatic carbocycles. The number of hydrogen-bond donors (Lipinski definition) is 1. The number of carboxylic acids is 1. The van der Waals surface area contributed by atoms with E-state index in [0.717, 1.165) is 0 Å². The average Bonchev–Trinajstić information content (AvgIpc) is 2.32. The number of hydrogen-bond acceptors (Lipinski definition) is 3. The predicted octanol–water partition coefficient (Wildman–Crippen LogP) is 1.52. The van der Waals surface area contributed by atoms with Crippen LogP contribution in [0.25, 0.3) is 0 Å². The minimum Gasteiger partial charge on any atom is -0.482 e. The number of fused-ring (bicyclic) bond motifs is 1. The first-order chi connectivity index (χ1) is 8.42. The van der Waals surface area contributed by atoms with Crippen molar-refractivity contribution >= 4 is 17.6 Å². The molecule has 5 nitrogen and oxygen atoms in total. The van der Waals surface area contributed by atoms with Crippen LogP contribution in [-0.2, 0) is 9.59 Å². The summed E-state index contributed by atoms with van der Waals surface area (Å²) in [5.74, 6) is -0.541. The Morgan fingerprint density at radius 2 is 2.11 bits per heavy atom. The van der Waals surface area contributed by atoms with Crippen molar-refractivity contribution in [3.8, 4) is 5.75 Å². The van der Waals surface area contributed by atoms with Gasteiger partial charge in [0.1, 0.15) is 5.75 Å². The van der Waals surface area contributed by atoms with Gasteiger partial charge in [0.25, 0.3) is 5.91 Å². The number of aliphatic carboxylic acids is 1. The Bertz CT molecular complexity index is 496. The van der Waals surface area contributed by atoms with Crippen molar-refractivity contribution in [3.63, 3.8) is 0 Å². The van der Waals surface area contributed by atoms with Crippen LogP contribution >= 0.6 is 0 Å². The van der Waals surface area contributed by atoms with Gasteiger partial charge in [-0.15, -0.1) is 0 Å². The monoisotopic (exact) mass is 249 g/mol.